The number of amides is 3. The Morgan fingerprint density at radius 2 is 1.84 bits per heavy atom. The van der Waals surface area contributed by atoms with Crippen LogP contribution in [0.4, 0.5) is 4.79 Å². The van der Waals surface area contributed by atoms with E-state index in [-0.39, 0.29) is 30.0 Å². The van der Waals surface area contributed by atoms with Gasteiger partial charge in [-0.1, -0.05) is 51.1 Å². The summed E-state index contributed by atoms with van der Waals surface area (Å²) in [6, 6.07) is 10.9. The number of ether oxygens (including phenoxy) is 1. The zero-order valence-electron chi connectivity index (χ0n) is 23.1. The van der Waals surface area contributed by atoms with Crippen molar-refractivity contribution in [1.29, 1.82) is 0 Å². The molecule has 8 nitrogen and oxygen atoms in total. The third-order valence-electron chi connectivity index (χ3n) is 7.26. The average Bonchev–Trinajstić information content (AvgIpc) is 3.41. The molecule has 1 fully saturated rings. The molecule has 4 rings (SSSR count). The number of carbonyl (C=O) groups excluding carboxylic acids is 3. The number of carbonyl (C=O) groups is 3. The van der Waals surface area contributed by atoms with Crippen LogP contribution in [-0.2, 0) is 14.9 Å². The molecule has 0 saturated carbocycles. The highest BCUT2D eigenvalue weighted by Crippen LogP contribution is 2.33. The molecule has 2 atom stereocenters. The second-order valence-corrected chi connectivity index (χ2v) is 11.9. The van der Waals surface area contributed by atoms with Gasteiger partial charge in [0.25, 0.3) is 5.91 Å². The van der Waals surface area contributed by atoms with E-state index < -0.39 is 12.0 Å². The molecular weight excluding hydrogens is 500 g/mol. The van der Waals surface area contributed by atoms with Gasteiger partial charge in [0.05, 0.1) is 23.1 Å². The molecule has 1 aromatic heterocycles. The van der Waals surface area contributed by atoms with Crippen molar-refractivity contribution in [3.05, 3.63) is 69.1 Å². The van der Waals surface area contributed by atoms with Gasteiger partial charge in [0, 0.05) is 45.0 Å². The van der Waals surface area contributed by atoms with Crippen LogP contribution in [0.15, 0.2) is 53.0 Å². The number of hydrogen-bond acceptors (Lipinski definition) is 6. The lowest BCUT2D eigenvalue weighted by Gasteiger charge is -2.42. The first-order valence-electron chi connectivity index (χ1n) is 13.1. The van der Waals surface area contributed by atoms with E-state index in [2.05, 4.69) is 31.0 Å². The van der Waals surface area contributed by atoms with Gasteiger partial charge in [0.15, 0.2) is 0 Å². The summed E-state index contributed by atoms with van der Waals surface area (Å²) >= 11 is 1.45. The molecule has 3 heterocycles. The Balaban J connectivity index is 1.62. The van der Waals surface area contributed by atoms with Crippen LogP contribution in [0.3, 0.4) is 0 Å². The van der Waals surface area contributed by atoms with E-state index in [9.17, 15) is 14.4 Å². The van der Waals surface area contributed by atoms with Gasteiger partial charge in [-0.2, -0.15) is 0 Å². The fourth-order valence-electron chi connectivity index (χ4n) is 5.06. The Labute approximate surface area is 229 Å². The molecule has 1 saturated heterocycles. The molecule has 0 radical (unpaired) electrons. The van der Waals surface area contributed by atoms with Crippen LogP contribution < -0.4 is 5.32 Å². The van der Waals surface area contributed by atoms with E-state index in [1.807, 2.05) is 53.6 Å². The SMILES string of the molecule is CCOC(=O)C1=C(CN2CCN(C(=O)c3cccs3)[C@@H](C)C2)N(C)C(=O)N[C@H]1c1ccc(C(C)(C)C)cc1. The van der Waals surface area contributed by atoms with E-state index in [4.69, 9.17) is 4.74 Å². The molecule has 0 bridgehead atoms. The Hall–Kier alpha value is -3.17. The van der Waals surface area contributed by atoms with Crippen molar-refractivity contribution in [3.8, 4) is 0 Å². The Bertz CT molecular complexity index is 1200. The summed E-state index contributed by atoms with van der Waals surface area (Å²) in [5, 5.41) is 4.91. The molecule has 0 aliphatic carbocycles. The zero-order valence-corrected chi connectivity index (χ0v) is 23.9. The maximum atomic E-state index is 13.3. The van der Waals surface area contributed by atoms with Crippen LogP contribution in [0.2, 0.25) is 0 Å². The van der Waals surface area contributed by atoms with Crippen LogP contribution in [0.25, 0.3) is 0 Å². The van der Waals surface area contributed by atoms with Gasteiger partial charge in [-0.05, 0) is 41.8 Å². The number of nitrogens with zero attached hydrogens (tertiary/aromatic N) is 3. The first-order chi connectivity index (χ1) is 18.0. The number of rotatable bonds is 6. The molecule has 38 heavy (non-hydrogen) atoms. The maximum absolute atomic E-state index is 13.3. The lowest BCUT2D eigenvalue weighted by atomic mass is 9.85. The lowest BCUT2D eigenvalue weighted by Crippen LogP contribution is -2.56. The minimum Gasteiger partial charge on any atom is -0.463 e. The summed E-state index contributed by atoms with van der Waals surface area (Å²) in [6.07, 6.45) is 0. The van der Waals surface area contributed by atoms with Gasteiger partial charge in [-0.25, -0.2) is 9.59 Å². The van der Waals surface area contributed by atoms with E-state index in [1.165, 1.54) is 21.8 Å². The average molecular weight is 539 g/mol. The number of likely N-dealkylation sites (N-methyl/N-ethyl adjacent to an activating group) is 1. The molecule has 0 spiro atoms. The highest BCUT2D eigenvalue weighted by Gasteiger charge is 2.38. The third-order valence-corrected chi connectivity index (χ3v) is 8.12. The second-order valence-electron chi connectivity index (χ2n) is 11.0. The molecule has 2 aliphatic rings. The van der Waals surface area contributed by atoms with E-state index >= 15 is 0 Å². The molecule has 2 aromatic rings. The molecule has 0 unspecified atom stereocenters. The van der Waals surface area contributed by atoms with Gasteiger partial charge in [0.1, 0.15) is 0 Å². The van der Waals surface area contributed by atoms with Crippen molar-refractivity contribution in [3.63, 3.8) is 0 Å². The monoisotopic (exact) mass is 538 g/mol. The normalized spacial score (nSPS) is 20.9. The molecule has 9 heteroatoms. The third kappa shape index (κ3) is 5.78. The number of urea groups is 1. The smallest absolute Gasteiger partial charge is 0.338 e. The number of thiophene rings is 1. The molecule has 1 N–H and O–H groups in total. The highest BCUT2D eigenvalue weighted by molar-refractivity contribution is 7.12. The van der Waals surface area contributed by atoms with Gasteiger partial charge < -0.3 is 15.0 Å². The second kappa shape index (κ2) is 11.3. The van der Waals surface area contributed by atoms with Crippen molar-refractivity contribution in [1.82, 2.24) is 20.0 Å². The zero-order chi connectivity index (χ0) is 27.6. The largest absolute Gasteiger partial charge is 0.463 e. The van der Waals surface area contributed by atoms with Gasteiger partial charge in [0.2, 0.25) is 0 Å². The van der Waals surface area contributed by atoms with Crippen LogP contribution >= 0.6 is 11.3 Å². The summed E-state index contributed by atoms with van der Waals surface area (Å²) in [7, 11) is 1.68. The predicted octanol–water partition coefficient (Wildman–Crippen LogP) is 4.41. The Morgan fingerprint density at radius 1 is 1.13 bits per heavy atom. The predicted molar refractivity (Wildman–Crippen MR) is 149 cm³/mol. The Morgan fingerprint density at radius 3 is 2.42 bits per heavy atom. The molecular formula is C29H38N4O4S. The molecule has 2 aliphatic heterocycles. The van der Waals surface area contributed by atoms with Crippen LogP contribution in [0, 0.1) is 0 Å². The van der Waals surface area contributed by atoms with Crippen molar-refractivity contribution >= 4 is 29.2 Å². The number of hydrogen-bond donors (Lipinski definition) is 1. The van der Waals surface area contributed by atoms with Gasteiger partial charge >= 0.3 is 12.0 Å². The summed E-state index contributed by atoms with van der Waals surface area (Å²) < 4.78 is 5.48. The molecule has 3 amide bonds. The van der Waals surface area contributed by atoms with E-state index in [0.29, 0.717) is 37.4 Å². The quantitative estimate of drug-likeness (QED) is 0.551. The summed E-state index contributed by atoms with van der Waals surface area (Å²) in [4.78, 5) is 45.7. The maximum Gasteiger partial charge on any atom is 0.338 e. The summed E-state index contributed by atoms with van der Waals surface area (Å²) in [5.41, 5.74) is 3.07. The van der Waals surface area contributed by atoms with Crippen LogP contribution in [-0.4, -0.2) is 78.5 Å². The minimum atomic E-state index is -0.610. The standard InChI is InChI=1S/C29H38N4O4S/c1-7-37-27(35)24-22(18-32-14-15-33(19(2)17-32)26(34)23-9-8-16-38-23)31(6)28(36)30-25(24)20-10-12-21(13-11-20)29(3,4)5/h8-13,16,19,25H,7,14-15,17-18H2,1-6H3,(H,30,36)/t19-,25-/m0/s1. The first-order valence-corrected chi connectivity index (χ1v) is 14.0. The first kappa shape index (κ1) is 27.9. The van der Waals surface area contributed by atoms with Crippen molar-refractivity contribution in [2.24, 2.45) is 0 Å². The van der Waals surface area contributed by atoms with E-state index in [1.54, 1.807) is 14.0 Å². The molecule has 204 valence electrons. The number of esters is 1. The summed E-state index contributed by atoms with van der Waals surface area (Å²) in [5.74, 6) is -0.384. The van der Waals surface area contributed by atoms with Crippen molar-refractivity contribution in [2.45, 2.75) is 52.1 Å². The fourth-order valence-corrected chi connectivity index (χ4v) is 5.73. The van der Waals surface area contributed by atoms with Crippen LogP contribution in [0.5, 0.6) is 0 Å². The summed E-state index contributed by atoms with van der Waals surface area (Å²) in [6.45, 7) is 12.8. The van der Waals surface area contributed by atoms with Gasteiger partial charge in [-0.15, -0.1) is 11.3 Å². The Kier molecular flexibility index (Phi) is 8.28. The van der Waals surface area contributed by atoms with Crippen molar-refractivity contribution < 1.29 is 19.1 Å². The minimum absolute atomic E-state index is 0.00606. The van der Waals surface area contributed by atoms with E-state index in [0.717, 1.165) is 10.4 Å². The van der Waals surface area contributed by atoms with Crippen LogP contribution in [0.1, 0.15) is 61.5 Å². The fraction of sp³-hybridized carbons (Fsp3) is 0.483. The topological polar surface area (TPSA) is 82.2 Å². The van der Waals surface area contributed by atoms with Gasteiger partial charge in [-0.3, -0.25) is 14.6 Å². The number of benzene rings is 1. The molecule has 1 aromatic carbocycles. The number of nitrogens with one attached hydrogen (secondary N) is 1. The van der Waals surface area contributed by atoms with Crippen molar-refractivity contribution in [2.75, 3.05) is 39.8 Å². The lowest BCUT2D eigenvalue weighted by molar-refractivity contribution is -0.139. The number of piperazine rings is 1. The highest BCUT2D eigenvalue weighted by atomic mass is 32.1.